The Morgan fingerprint density at radius 1 is 1.23 bits per heavy atom. The molecule has 0 radical (unpaired) electrons. The summed E-state index contributed by atoms with van der Waals surface area (Å²) < 4.78 is 11.7. The van der Waals surface area contributed by atoms with Gasteiger partial charge in [-0.2, -0.15) is 10.2 Å². The van der Waals surface area contributed by atoms with Crippen LogP contribution in [-0.2, 0) is 4.74 Å². The summed E-state index contributed by atoms with van der Waals surface area (Å²) in [4.78, 5) is 6.42. The van der Waals surface area contributed by atoms with Gasteiger partial charge in [0.15, 0.2) is 0 Å². The largest absolute Gasteiger partial charge is 0.419 e. The third-order valence-corrected chi connectivity index (χ3v) is 3.80. The molecule has 1 aromatic heterocycles. The number of morpholine rings is 1. The van der Waals surface area contributed by atoms with Crippen molar-refractivity contribution < 1.29 is 9.15 Å². The van der Waals surface area contributed by atoms with Crippen LogP contribution in [-0.4, -0.2) is 30.3 Å². The Hall–Kier alpha value is -2.32. The summed E-state index contributed by atoms with van der Waals surface area (Å²) in [5, 5.41) is 9.38. The molecule has 2 aromatic rings. The molecule has 1 aliphatic heterocycles. The highest BCUT2D eigenvalue weighted by atomic mass is 16.5. The van der Waals surface area contributed by atoms with Gasteiger partial charge >= 0.3 is 0 Å². The van der Waals surface area contributed by atoms with Crippen LogP contribution in [0.1, 0.15) is 25.1 Å². The first-order valence-electron chi connectivity index (χ1n) is 7.46. The summed E-state index contributed by atoms with van der Waals surface area (Å²) in [6.07, 6.45) is 0.199. The van der Waals surface area contributed by atoms with Gasteiger partial charge in [-0.15, -0.1) is 0 Å². The number of hydrogen-bond acceptors (Lipinski definition) is 5. The number of nitriles is 1. The van der Waals surface area contributed by atoms with Gasteiger partial charge in [-0.1, -0.05) is 18.2 Å². The molecule has 1 saturated heterocycles. The van der Waals surface area contributed by atoms with E-state index in [-0.39, 0.29) is 12.2 Å². The molecule has 2 atom stereocenters. The first-order chi connectivity index (χ1) is 10.6. The van der Waals surface area contributed by atoms with Crippen molar-refractivity contribution in [2.45, 2.75) is 33.0 Å². The number of aromatic nitrogens is 1. The maximum atomic E-state index is 9.38. The molecule has 3 rings (SSSR count). The normalized spacial score (nSPS) is 21.6. The monoisotopic (exact) mass is 297 g/mol. The quantitative estimate of drug-likeness (QED) is 0.852. The lowest BCUT2D eigenvalue weighted by atomic mass is 10.1. The predicted octanol–water partition coefficient (Wildman–Crippen LogP) is 3.14. The van der Waals surface area contributed by atoms with E-state index in [0.717, 1.165) is 11.1 Å². The lowest BCUT2D eigenvalue weighted by Crippen LogP contribution is -2.45. The first-order valence-corrected chi connectivity index (χ1v) is 7.46. The van der Waals surface area contributed by atoms with Crippen LogP contribution in [0, 0.1) is 18.3 Å². The fourth-order valence-corrected chi connectivity index (χ4v) is 2.87. The van der Waals surface area contributed by atoms with Crippen molar-refractivity contribution in [3.8, 4) is 17.5 Å². The Morgan fingerprint density at radius 3 is 2.55 bits per heavy atom. The standard InChI is InChI=1S/C17H19N3O2/c1-11-6-4-5-7-14(11)16-19-15(8-18)17(22-16)20-9-12(2)21-13(3)10-20/h4-7,12-13H,9-10H2,1-3H3/t12-,13-/m1/s1. The van der Waals surface area contributed by atoms with Crippen molar-refractivity contribution >= 4 is 5.88 Å². The maximum absolute atomic E-state index is 9.38. The molecule has 0 N–H and O–H groups in total. The van der Waals surface area contributed by atoms with Crippen LogP contribution < -0.4 is 4.90 Å². The zero-order valence-electron chi connectivity index (χ0n) is 13.0. The Bertz CT molecular complexity index is 707. The highest BCUT2D eigenvalue weighted by molar-refractivity contribution is 5.62. The minimum absolute atomic E-state index is 0.0994. The molecule has 0 unspecified atom stereocenters. The average Bonchev–Trinajstić information content (AvgIpc) is 2.91. The number of rotatable bonds is 2. The zero-order chi connectivity index (χ0) is 15.7. The molecular formula is C17H19N3O2. The Kier molecular flexibility index (Phi) is 3.86. The summed E-state index contributed by atoms with van der Waals surface area (Å²) in [6, 6.07) is 10.0. The average molecular weight is 297 g/mol. The minimum atomic E-state index is 0.0994. The smallest absolute Gasteiger partial charge is 0.235 e. The molecule has 1 aliphatic rings. The highest BCUT2D eigenvalue weighted by Crippen LogP contribution is 2.31. The number of ether oxygens (including phenoxy) is 1. The molecule has 1 aromatic carbocycles. The van der Waals surface area contributed by atoms with Gasteiger partial charge in [-0.25, -0.2) is 0 Å². The Balaban J connectivity index is 1.99. The third kappa shape index (κ3) is 2.70. The van der Waals surface area contributed by atoms with E-state index >= 15 is 0 Å². The van der Waals surface area contributed by atoms with Crippen molar-refractivity contribution in [1.29, 1.82) is 5.26 Å². The van der Waals surface area contributed by atoms with Gasteiger partial charge in [0.1, 0.15) is 6.07 Å². The van der Waals surface area contributed by atoms with Gasteiger partial charge in [-0.3, -0.25) is 0 Å². The van der Waals surface area contributed by atoms with Crippen LogP contribution in [0.15, 0.2) is 28.7 Å². The molecule has 1 fully saturated rings. The summed E-state index contributed by atoms with van der Waals surface area (Å²) in [7, 11) is 0. The van der Waals surface area contributed by atoms with E-state index in [2.05, 4.69) is 11.1 Å². The third-order valence-electron chi connectivity index (χ3n) is 3.80. The van der Waals surface area contributed by atoms with E-state index in [9.17, 15) is 5.26 Å². The van der Waals surface area contributed by atoms with Crippen molar-refractivity contribution in [3.05, 3.63) is 35.5 Å². The molecule has 22 heavy (non-hydrogen) atoms. The van der Waals surface area contributed by atoms with E-state index in [0.29, 0.717) is 30.6 Å². The number of benzene rings is 1. The van der Waals surface area contributed by atoms with Crippen LogP contribution in [0.25, 0.3) is 11.5 Å². The molecule has 0 saturated carbocycles. The van der Waals surface area contributed by atoms with Gasteiger partial charge in [0.25, 0.3) is 0 Å². The molecule has 0 aliphatic carbocycles. The van der Waals surface area contributed by atoms with Gasteiger partial charge in [0, 0.05) is 18.7 Å². The van der Waals surface area contributed by atoms with E-state index in [1.54, 1.807) is 0 Å². The van der Waals surface area contributed by atoms with E-state index in [1.807, 2.05) is 49.9 Å². The van der Waals surface area contributed by atoms with E-state index in [1.165, 1.54) is 0 Å². The summed E-state index contributed by atoms with van der Waals surface area (Å²) >= 11 is 0. The fourth-order valence-electron chi connectivity index (χ4n) is 2.87. The van der Waals surface area contributed by atoms with Crippen LogP contribution in [0.5, 0.6) is 0 Å². The second kappa shape index (κ2) is 5.82. The summed E-state index contributed by atoms with van der Waals surface area (Å²) in [5.41, 5.74) is 2.32. The van der Waals surface area contributed by atoms with E-state index < -0.39 is 0 Å². The van der Waals surface area contributed by atoms with Crippen LogP contribution in [0.4, 0.5) is 5.88 Å². The summed E-state index contributed by atoms with van der Waals surface area (Å²) in [5.74, 6) is 1.04. The molecule has 2 heterocycles. The van der Waals surface area contributed by atoms with Crippen LogP contribution in [0.2, 0.25) is 0 Å². The number of anilines is 1. The lowest BCUT2D eigenvalue weighted by molar-refractivity contribution is -0.00638. The SMILES string of the molecule is Cc1ccccc1-c1nc(C#N)c(N2C[C@@H](C)O[C@H](C)C2)o1. The van der Waals surface area contributed by atoms with Crippen LogP contribution >= 0.6 is 0 Å². The van der Waals surface area contributed by atoms with Gasteiger partial charge in [0.05, 0.1) is 12.2 Å². The molecule has 114 valence electrons. The molecule has 0 amide bonds. The first kappa shape index (κ1) is 14.6. The van der Waals surface area contributed by atoms with Gasteiger partial charge in [-0.05, 0) is 32.4 Å². The molecule has 5 heteroatoms. The van der Waals surface area contributed by atoms with Gasteiger partial charge in [0.2, 0.25) is 17.5 Å². The lowest BCUT2D eigenvalue weighted by Gasteiger charge is -2.34. The molecule has 0 spiro atoms. The van der Waals surface area contributed by atoms with Crippen molar-refractivity contribution in [2.75, 3.05) is 18.0 Å². The second-order valence-corrected chi connectivity index (χ2v) is 5.76. The van der Waals surface area contributed by atoms with Gasteiger partial charge < -0.3 is 14.1 Å². The molecule has 5 nitrogen and oxygen atoms in total. The zero-order valence-corrected chi connectivity index (χ0v) is 13.0. The Morgan fingerprint density at radius 2 is 1.91 bits per heavy atom. The Labute approximate surface area is 130 Å². The number of oxazole rings is 1. The highest BCUT2D eigenvalue weighted by Gasteiger charge is 2.28. The summed E-state index contributed by atoms with van der Waals surface area (Å²) in [6.45, 7) is 7.44. The van der Waals surface area contributed by atoms with Crippen molar-refractivity contribution in [3.63, 3.8) is 0 Å². The topological polar surface area (TPSA) is 62.3 Å². The molecule has 0 bridgehead atoms. The van der Waals surface area contributed by atoms with E-state index in [4.69, 9.17) is 9.15 Å². The number of nitrogens with zero attached hydrogens (tertiary/aromatic N) is 3. The van der Waals surface area contributed by atoms with Crippen LogP contribution in [0.3, 0.4) is 0 Å². The van der Waals surface area contributed by atoms with Crippen molar-refractivity contribution in [1.82, 2.24) is 4.98 Å². The van der Waals surface area contributed by atoms with Crippen molar-refractivity contribution in [2.24, 2.45) is 0 Å². The second-order valence-electron chi connectivity index (χ2n) is 5.76. The fraction of sp³-hybridized carbons (Fsp3) is 0.412. The predicted molar refractivity (Wildman–Crippen MR) is 83.6 cm³/mol. The maximum Gasteiger partial charge on any atom is 0.235 e. The number of aryl methyl sites for hydroxylation is 1. The number of hydrogen-bond donors (Lipinski definition) is 0. The molecular weight excluding hydrogens is 278 g/mol. The minimum Gasteiger partial charge on any atom is -0.419 e.